The van der Waals surface area contributed by atoms with E-state index >= 15 is 0 Å². The van der Waals surface area contributed by atoms with Crippen molar-refractivity contribution in [3.8, 4) is 0 Å². The van der Waals surface area contributed by atoms with Crippen LogP contribution in [-0.2, 0) is 14.3 Å². The van der Waals surface area contributed by atoms with Crippen LogP contribution >= 0.6 is 0 Å². The molecule has 0 unspecified atom stereocenters. The second kappa shape index (κ2) is 3.82. The second-order valence-electron chi connectivity index (χ2n) is 6.83. The molecule has 0 radical (unpaired) electrons. The molecule has 2 saturated carbocycles. The fraction of sp³-hybridized carbons (Fsp3) is 0.867. The molecule has 0 aromatic heterocycles. The highest BCUT2D eigenvalue weighted by Gasteiger charge is 2.66. The average Bonchev–Trinajstić information content (AvgIpc) is 2.77. The summed E-state index contributed by atoms with van der Waals surface area (Å²) in [6.07, 6.45) is 4.02. The summed E-state index contributed by atoms with van der Waals surface area (Å²) in [6.45, 7) is 5.99. The quantitative estimate of drug-likeness (QED) is 0.723. The number of esters is 1. The fourth-order valence-electron chi connectivity index (χ4n) is 4.51. The third kappa shape index (κ3) is 1.63. The summed E-state index contributed by atoms with van der Waals surface area (Å²) in [5, 5.41) is 0. The lowest BCUT2D eigenvalue weighted by atomic mass is 9.77. The number of ether oxygens (including phenoxy) is 1. The van der Waals surface area contributed by atoms with Gasteiger partial charge in [0.05, 0.1) is 5.92 Å². The summed E-state index contributed by atoms with van der Waals surface area (Å²) in [5.74, 6) is 2.19. The van der Waals surface area contributed by atoms with E-state index in [2.05, 4.69) is 6.92 Å². The Balaban J connectivity index is 1.67. The van der Waals surface area contributed by atoms with Gasteiger partial charge in [0.2, 0.25) is 0 Å². The Morgan fingerprint density at radius 3 is 2.89 bits per heavy atom. The topological polar surface area (TPSA) is 43.4 Å². The lowest BCUT2D eigenvalue weighted by molar-refractivity contribution is -0.144. The maximum atomic E-state index is 11.6. The van der Waals surface area contributed by atoms with Crippen LogP contribution in [0.3, 0.4) is 0 Å². The van der Waals surface area contributed by atoms with E-state index in [0.717, 1.165) is 25.2 Å². The van der Waals surface area contributed by atoms with Crippen molar-refractivity contribution in [2.45, 2.75) is 52.6 Å². The molecular weight excluding hydrogens is 228 g/mol. The van der Waals surface area contributed by atoms with Crippen LogP contribution in [0.15, 0.2) is 0 Å². The van der Waals surface area contributed by atoms with Gasteiger partial charge in [0, 0.05) is 12.3 Å². The summed E-state index contributed by atoms with van der Waals surface area (Å²) in [6, 6.07) is 0. The Kier molecular flexibility index (Phi) is 2.58. The molecule has 0 aromatic rings. The zero-order chi connectivity index (χ0) is 13.1. The van der Waals surface area contributed by atoms with Crippen LogP contribution in [-0.4, -0.2) is 17.9 Å². The van der Waals surface area contributed by atoms with E-state index in [1.807, 2.05) is 6.92 Å². The van der Waals surface area contributed by atoms with Gasteiger partial charge in [-0.05, 0) is 43.4 Å². The van der Waals surface area contributed by atoms with E-state index < -0.39 is 0 Å². The minimum Gasteiger partial charge on any atom is -0.462 e. The number of hydrogen-bond acceptors (Lipinski definition) is 3. The SMILES string of the molecule is CC(=O)CC[C@H]1[C@H]2C[C@@H]3[C@H](C[C@]21C)OC(=O)[C@H]3C. The van der Waals surface area contributed by atoms with Gasteiger partial charge in [0.25, 0.3) is 0 Å². The first kappa shape index (κ1) is 12.2. The van der Waals surface area contributed by atoms with Crippen LogP contribution in [0.5, 0.6) is 0 Å². The highest BCUT2D eigenvalue weighted by molar-refractivity contribution is 5.75. The van der Waals surface area contributed by atoms with Gasteiger partial charge in [0.15, 0.2) is 0 Å². The van der Waals surface area contributed by atoms with Crippen molar-refractivity contribution in [3.63, 3.8) is 0 Å². The van der Waals surface area contributed by atoms with E-state index in [4.69, 9.17) is 4.74 Å². The van der Waals surface area contributed by atoms with E-state index in [1.54, 1.807) is 6.92 Å². The van der Waals surface area contributed by atoms with Crippen LogP contribution in [0.2, 0.25) is 0 Å². The predicted octanol–water partition coefficient (Wildman–Crippen LogP) is 2.58. The molecule has 3 heteroatoms. The van der Waals surface area contributed by atoms with Crippen LogP contribution in [0.4, 0.5) is 0 Å². The van der Waals surface area contributed by atoms with Crippen molar-refractivity contribution in [2.75, 3.05) is 0 Å². The highest BCUT2D eigenvalue weighted by atomic mass is 16.6. The minimum absolute atomic E-state index is 0.00446. The zero-order valence-electron chi connectivity index (χ0n) is 11.4. The Morgan fingerprint density at radius 2 is 2.22 bits per heavy atom. The first-order chi connectivity index (χ1) is 8.43. The number of carbonyl (C=O) groups is 2. The molecule has 3 nitrogen and oxygen atoms in total. The summed E-state index contributed by atoms with van der Waals surface area (Å²) < 4.78 is 5.51. The molecule has 3 fully saturated rings. The molecule has 18 heavy (non-hydrogen) atoms. The molecular formula is C15H22O3. The Labute approximate surface area is 108 Å². The van der Waals surface area contributed by atoms with Gasteiger partial charge in [-0.1, -0.05) is 13.8 Å². The number of fused-ring (bicyclic) bond motifs is 2. The molecule has 0 amide bonds. The van der Waals surface area contributed by atoms with Gasteiger partial charge in [-0.2, -0.15) is 0 Å². The van der Waals surface area contributed by atoms with Crippen molar-refractivity contribution in [1.29, 1.82) is 0 Å². The molecule has 1 heterocycles. The van der Waals surface area contributed by atoms with Gasteiger partial charge in [-0.3, -0.25) is 4.79 Å². The molecule has 1 saturated heterocycles. The van der Waals surface area contributed by atoms with Gasteiger partial charge in [0.1, 0.15) is 11.9 Å². The maximum absolute atomic E-state index is 11.6. The van der Waals surface area contributed by atoms with Crippen molar-refractivity contribution in [2.24, 2.45) is 29.1 Å². The van der Waals surface area contributed by atoms with E-state index in [0.29, 0.717) is 29.5 Å². The summed E-state index contributed by atoms with van der Waals surface area (Å²) in [7, 11) is 0. The zero-order valence-corrected chi connectivity index (χ0v) is 11.4. The monoisotopic (exact) mass is 250 g/mol. The first-order valence-corrected chi connectivity index (χ1v) is 7.13. The standard InChI is InChI=1S/C15H22O3/c1-8(16)4-5-11-12-6-10-9(2)14(17)18-13(10)7-15(11,12)3/h9-13H,4-7H2,1-3H3/t9-,10-,11-,12+,13-,15-/m0/s1. The van der Waals surface area contributed by atoms with Crippen molar-refractivity contribution in [3.05, 3.63) is 0 Å². The van der Waals surface area contributed by atoms with Gasteiger partial charge < -0.3 is 9.53 Å². The van der Waals surface area contributed by atoms with Crippen LogP contribution < -0.4 is 0 Å². The van der Waals surface area contributed by atoms with Gasteiger partial charge >= 0.3 is 5.97 Å². The van der Waals surface area contributed by atoms with Crippen LogP contribution in [0.1, 0.15) is 46.5 Å². The number of hydrogen-bond donors (Lipinski definition) is 0. The lowest BCUT2D eigenvalue weighted by Crippen LogP contribution is -2.28. The first-order valence-electron chi connectivity index (χ1n) is 7.13. The molecule has 1 aliphatic heterocycles. The summed E-state index contributed by atoms with van der Waals surface area (Å²) >= 11 is 0. The molecule has 0 N–H and O–H groups in total. The molecule has 3 rings (SSSR count). The number of carbonyl (C=O) groups excluding carboxylic acids is 2. The van der Waals surface area contributed by atoms with E-state index in [-0.39, 0.29) is 18.0 Å². The molecule has 100 valence electrons. The smallest absolute Gasteiger partial charge is 0.309 e. The maximum Gasteiger partial charge on any atom is 0.309 e. The van der Waals surface area contributed by atoms with Gasteiger partial charge in [-0.15, -0.1) is 0 Å². The minimum atomic E-state index is -0.00446. The van der Waals surface area contributed by atoms with E-state index in [1.165, 1.54) is 0 Å². The summed E-state index contributed by atoms with van der Waals surface area (Å²) in [5.41, 5.74) is 0.334. The molecule has 0 aromatic carbocycles. The van der Waals surface area contributed by atoms with Crippen LogP contribution in [0, 0.1) is 29.1 Å². The largest absolute Gasteiger partial charge is 0.462 e. The Hall–Kier alpha value is -0.860. The van der Waals surface area contributed by atoms with Crippen molar-refractivity contribution in [1.82, 2.24) is 0 Å². The Bertz CT molecular complexity index is 403. The highest BCUT2D eigenvalue weighted by Crippen LogP contribution is 2.70. The number of ketones is 1. The molecule has 3 aliphatic rings. The van der Waals surface area contributed by atoms with E-state index in [9.17, 15) is 9.59 Å². The molecule has 2 aliphatic carbocycles. The molecule has 0 spiro atoms. The normalized spacial score (nSPS) is 49.3. The van der Waals surface area contributed by atoms with Gasteiger partial charge in [-0.25, -0.2) is 0 Å². The molecule has 6 atom stereocenters. The summed E-state index contributed by atoms with van der Waals surface area (Å²) in [4.78, 5) is 22.7. The van der Waals surface area contributed by atoms with Crippen molar-refractivity contribution >= 4 is 11.8 Å². The fourth-order valence-corrected chi connectivity index (χ4v) is 4.51. The second-order valence-corrected chi connectivity index (χ2v) is 6.83. The molecule has 0 bridgehead atoms. The lowest BCUT2D eigenvalue weighted by Gasteiger charge is -2.28. The number of Topliss-reactive ketones (excluding diaryl/α,β-unsaturated/α-hetero) is 1. The third-order valence-corrected chi connectivity index (χ3v) is 5.80. The van der Waals surface area contributed by atoms with Crippen molar-refractivity contribution < 1.29 is 14.3 Å². The third-order valence-electron chi connectivity index (χ3n) is 5.80. The van der Waals surface area contributed by atoms with Crippen LogP contribution in [0.25, 0.3) is 0 Å². The Morgan fingerprint density at radius 1 is 1.50 bits per heavy atom. The average molecular weight is 250 g/mol. The predicted molar refractivity (Wildman–Crippen MR) is 66.8 cm³/mol. The number of rotatable bonds is 3.